The lowest BCUT2D eigenvalue weighted by Crippen LogP contribution is -2.17. The number of hydrogen-bond donors (Lipinski definition) is 0. The van der Waals surface area contributed by atoms with Gasteiger partial charge >= 0.3 is 5.97 Å². The molecule has 5 nitrogen and oxygen atoms in total. The van der Waals surface area contributed by atoms with E-state index >= 15 is 0 Å². The summed E-state index contributed by atoms with van der Waals surface area (Å²) in [5, 5.41) is 8.56. The Balaban J connectivity index is 3.19. The van der Waals surface area contributed by atoms with Crippen molar-refractivity contribution in [2.75, 3.05) is 5.75 Å². The third-order valence-corrected chi connectivity index (χ3v) is 4.07. The fourth-order valence-corrected chi connectivity index (χ4v) is 2.40. The number of ether oxygens (including phenoxy) is 1. The first kappa shape index (κ1) is 14.2. The van der Waals surface area contributed by atoms with Gasteiger partial charge in [-0.25, -0.2) is 13.2 Å². The largest absolute Gasteiger partial charge is 0.444 e. The van der Waals surface area contributed by atoms with Crippen molar-refractivity contribution < 1.29 is 17.9 Å². The average Bonchev–Trinajstić information content (AvgIpc) is 2.38. The van der Waals surface area contributed by atoms with Crippen LogP contribution in [0, 0.1) is 11.3 Å². The lowest BCUT2D eigenvalue weighted by Gasteiger charge is -2.10. The van der Waals surface area contributed by atoms with Gasteiger partial charge in [-0.2, -0.15) is 5.26 Å². The molecule has 0 amide bonds. The second kappa shape index (κ2) is 5.65. The summed E-state index contributed by atoms with van der Waals surface area (Å²) in [7, 11) is -3.50. The van der Waals surface area contributed by atoms with Crippen LogP contribution in [0.3, 0.4) is 0 Å². The van der Waals surface area contributed by atoms with Crippen LogP contribution in [0.1, 0.15) is 24.2 Å². The number of carbonyl (C=O) groups is 1. The van der Waals surface area contributed by atoms with Crippen LogP contribution >= 0.6 is 0 Å². The van der Waals surface area contributed by atoms with Crippen molar-refractivity contribution in [2.45, 2.75) is 24.8 Å². The normalized spacial score (nSPS) is 12.5. The Kier molecular flexibility index (Phi) is 4.45. The van der Waals surface area contributed by atoms with Crippen LogP contribution in [0.25, 0.3) is 0 Å². The molecule has 0 fully saturated rings. The van der Waals surface area contributed by atoms with Gasteiger partial charge in [-0.3, -0.25) is 0 Å². The molecule has 0 bridgehead atoms. The quantitative estimate of drug-likeness (QED) is 0.773. The van der Waals surface area contributed by atoms with E-state index in [4.69, 9.17) is 10.00 Å². The summed E-state index contributed by atoms with van der Waals surface area (Å²) in [5.74, 6) is -0.915. The van der Waals surface area contributed by atoms with Crippen molar-refractivity contribution >= 4 is 15.8 Å². The molecule has 0 saturated heterocycles. The molecule has 1 aromatic carbocycles. The van der Waals surface area contributed by atoms with Crippen LogP contribution in [0.4, 0.5) is 0 Å². The maximum Gasteiger partial charge on any atom is 0.340 e. The molecule has 0 radical (unpaired) electrons. The molecule has 0 N–H and O–H groups in total. The van der Waals surface area contributed by atoms with Gasteiger partial charge in [0.15, 0.2) is 15.9 Å². The third-order valence-electron chi connectivity index (χ3n) is 2.29. The summed E-state index contributed by atoms with van der Waals surface area (Å²) in [6, 6.07) is 7.55. The Labute approximate surface area is 106 Å². The van der Waals surface area contributed by atoms with Crippen molar-refractivity contribution in [3.8, 4) is 6.07 Å². The minimum absolute atomic E-state index is 0.0403. The molecule has 0 saturated carbocycles. The summed E-state index contributed by atoms with van der Waals surface area (Å²) in [4.78, 5) is 11.7. The molecule has 0 aliphatic rings. The van der Waals surface area contributed by atoms with Gasteiger partial charge in [-0.15, -0.1) is 0 Å². The van der Waals surface area contributed by atoms with Gasteiger partial charge in [0, 0.05) is 0 Å². The van der Waals surface area contributed by atoms with E-state index in [1.54, 1.807) is 12.1 Å². The molecule has 0 unspecified atom stereocenters. The summed E-state index contributed by atoms with van der Waals surface area (Å²) < 4.78 is 28.4. The number of sulfone groups is 1. The van der Waals surface area contributed by atoms with Crippen LogP contribution in [0.5, 0.6) is 0 Å². The van der Waals surface area contributed by atoms with E-state index in [0.717, 1.165) is 0 Å². The predicted octanol–water partition coefficient (Wildman–Crippen LogP) is 1.55. The van der Waals surface area contributed by atoms with Gasteiger partial charge < -0.3 is 4.74 Å². The number of nitriles is 1. The molecule has 1 atom stereocenters. The van der Waals surface area contributed by atoms with E-state index in [-0.39, 0.29) is 16.2 Å². The van der Waals surface area contributed by atoms with E-state index in [9.17, 15) is 13.2 Å². The van der Waals surface area contributed by atoms with E-state index in [0.29, 0.717) is 0 Å². The molecular weight excluding hydrogens is 254 g/mol. The Morgan fingerprint density at radius 1 is 1.44 bits per heavy atom. The molecule has 0 aliphatic heterocycles. The van der Waals surface area contributed by atoms with Gasteiger partial charge in [0.25, 0.3) is 0 Å². The standard InChI is InChI=1S/C12H13NO4S/c1-3-18(15,16)11-7-5-4-6-10(11)12(14)17-9(2)8-13/h4-7,9H,3H2,1-2H3/t9-/m1/s1. The van der Waals surface area contributed by atoms with Gasteiger partial charge in [0.1, 0.15) is 6.07 Å². The Morgan fingerprint density at radius 3 is 2.61 bits per heavy atom. The highest BCUT2D eigenvalue weighted by Crippen LogP contribution is 2.18. The number of carbonyl (C=O) groups excluding carboxylic acids is 1. The van der Waals surface area contributed by atoms with Crippen LogP contribution in [-0.4, -0.2) is 26.2 Å². The zero-order valence-electron chi connectivity index (χ0n) is 10.1. The van der Waals surface area contributed by atoms with E-state index < -0.39 is 21.9 Å². The lowest BCUT2D eigenvalue weighted by atomic mass is 10.2. The molecule has 18 heavy (non-hydrogen) atoms. The lowest BCUT2D eigenvalue weighted by molar-refractivity contribution is 0.0431. The van der Waals surface area contributed by atoms with Crippen LogP contribution < -0.4 is 0 Å². The Hall–Kier alpha value is -1.87. The van der Waals surface area contributed by atoms with E-state index in [2.05, 4.69) is 0 Å². The molecule has 6 heteroatoms. The second-order valence-electron chi connectivity index (χ2n) is 3.58. The molecule has 96 valence electrons. The minimum Gasteiger partial charge on any atom is -0.444 e. The Bertz CT molecular complexity index is 586. The SMILES string of the molecule is CCS(=O)(=O)c1ccccc1C(=O)O[C@H](C)C#N. The first-order valence-corrected chi connectivity index (χ1v) is 7.00. The van der Waals surface area contributed by atoms with Gasteiger partial charge in [0.2, 0.25) is 0 Å². The number of esters is 1. The number of benzene rings is 1. The van der Waals surface area contributed by atoms with Crippen molar-refractivity contribution in [1.82, 2.24) is 0 Å². The van der Waals surface area contributed by atoms with E-state index in [1.165, 1.54) is 32.0 Å². The highest BCUT2D eigenvalue weighted by molar-refractivity contribution is 7.91. The molecule has 1 aromatic rings. The van der Waals surface area contributed by atoms with Crippen molar-refractivity contribution in [2.24, 2.45) is 0 Å². The summed E-state index contributed by atoms with van der Waals surface area (Å²) in [6.45, 7) is 2.91. The number of rotatable bonds is 4. The maximum atomic E-state index is 11.8. The highest BCUT2D eigenvalue weighted by Gasteiger charge is 2.22. The molecule has 0 spiro atoms. The predicted molar refractivity (Wildman–Crippen MR) is 64.7 cm³/mol. The second-order valence-corrected chi connectivity index (χ2v) is 5.82. The first-order valence-electron chi connectivity index (χ1n) is 5.34. The maximum absolute atomic E-state index is 11.8. The number of nitrogens with zero attached hydrogens (tertiary/aromatic N) is 1. The molecule has 0 aromatic heterocycles. The first-order chi connectivity index (χ1) is 8.42. The van der Waals surface area contributed by atoms with E-state index in [1.807, 2.05) is 0 Å². The topological polar surface area (TPSA) is 84.2 Å². The minimum atomic E-state index is -3.50. The van der Waals surface area contributed by atoms with Gasteiger partial charge in [-0.05, 0) is 19.1 Å². The summed E-state index contributed by atoms with van der Waals surface area (Å²) in [6.07, 6.45) is -0.921. The van der Waals surface area contributed by atoms with Crippen LogP contribution in [-0.2, 0) is 14.6 Å². The summed E-state index contributed by atoms with van der Waals surface area (Å²) in [5.41, 5.74) is -0.0403. The fourth-order valence-electron chi connectivity index (χ4n) is 1.31. The zero-order valence-corrected chi connectivity index (χ0v) is 10.9. The summed E-state index contributed by atoms with van der Waals surface area (Å²) >= 11 is 0. The molecule has 0 heterocycles. The van der Waals surface area contributed by atoms with Gasteiger partial charge in [-0.1, -0.05) is 19.1 Å². The van der Waals surface area contributed by atoms with Gasteiger partial charge in [0.05, 0.1) is 16.2 Å². The molecule has 1 rings (SSSR count). The Morgan fingerprint density at radius 2 is 2.06 bits per heavy atom. The molecular formula is C12H13NO4S. The third kappa shape index (κ3) is 3.08. The monoisotopic (exact) mass is 267 g/mol. The van der Waals surface area contributed by atoms with Crippen molar-refractivity contribution in [3.05, 3.63) is 29.8 Å². The zero-order chi connectivity index (χ0) is 13.8. The highest BCUT2D eigenvalue weighted by atomic mass is 32.2. The number of hydrogen-bond acceptors (Lipinski definition) is 5. The molecule has 0 aliphatic carbocycles. The fraction of sp³-hybridized carbons (Fsp3) is 0.333. The smallest absolute Gasteiger partial charge is 0.340 e. The van der Waals surface area contributed by atoms with Crippen LogP contribution in [0.2, 0.25) is 0 Å². The average molecular weight is 267 g/mol. The van der Waals surface area contributed by atoms with Crippen molar-refractivity contribution in [3.63, 3.8) is 0 Å². The van der Waals surface area contributed by atoms with Crippen LogP contribution in [0.15, 0.2) is 29.2 Å². The van der Waals surface area contributed by atoms with Crippen molar-refractivity contribution in [1.29, 1.82) is 5.26 Å².